The fraction of sp³-hybridized carbons (Fsp3) is 0.250. The van der Waals surface area contributed by atoms with E-state index in [9.17, 15) is 14.4 Å². The molecule has 0 spiro atoms. The van der Waals surface area contributed by atoms with Crippen LogP contribution < -0.4 is 15.4 Å². The van der Waals surface area contributed by atoms with Gasteiger partial charge >= 0.3 is 12.0 Å². The fourth-order valence-electron chi connectivity index (χ4n) is 1.32. The standard InChI is InChI=1S/C12H13BrN2O5/c1-20-9-5-7(13)4-8(6-9)14-12(19)15-10(16)2-3-11(17)18/h4-6H,2-3H2,1H3,(H,17,18)(H2,14,15,16,19). The lowest BCUT2D eigenvalue weighted by molar-refractivity contribution is -0.138. The van der Waals surface area contributed by atoms with Gasteiger partial charge in [0.05, 0.1) is 13.5 Å². The topological polar surface area (TPSA) is 105 Å². The van der Waals surface area contributed by atoms with Crippen molar-refractivity contribution in [1.82, 2.24) is 5.32 Å². The summed E-state index contributed by atoms with van der Waals surface area (Å²) in [5, 5.41) is 12.9. The van der Waals surface area contributed by atoms with Crippen molar-refractivity contribution in [3.63, 3.8) is 0 Å². The third-order valence-electron chi connectivity index (χ3n) is 2.18. The molecule has 0 saturated carbocycles. The van der Waals surface area contributed by atoms with E-state index < -0.39 is 17.9 Å². The first-order chi connectivity index (χ1) is 9.40. The largest absolute Gasteiger partial charge is 0.497 e. The monoisotopic (exact) mass is 344 g/mol. The Morgan fingerprint density at radius 1 is 1.25 bits per heavy atom. The average Bonchev–Trinajstić information content (AvgIpc) is 2.35. The van der Waals surface area contributed by atoms with Crippen molar-refractivity contribution in [2.45, 2.75) is 12.8 Å². The molecular weight excluding hydrogens is 332 g/mol. The molecule has 8 heteroatoms. The molecule has 7 nitrogen and oxygen atoms in total. The molecule has 3 N–H and O–H groups in total. The van der Waals surface area contributed by atoms with Crippen LogP contribution in [0.1, 0.15) is 12.8 Å². The lowest BCUT2D eigenvalue weighted by Gasteiger charge is -2.08. The molecule has 0 atom stereocenters. The second kappa shape index (κ2) is 7.49. The predicted octanol–water partition coefficient (Wildman–Crippen LogP) is 1.97. The number of carbonyl (C=O) groups is 3. The Kier molecular flexibility index (Phi) is 5.98. The van der Waals surface area contributed by atoms with Gasteiger partial charge in [0.15, 0.2) is 0 Å². The van der Waals surface area contributed by atoms with Gasteiger partial charge in [-0.15, -0.1) is 0 Å². The number of amides is 3. The summed E-state index contributed by atoms with van der Waals surface area (Å²) in [6.07, 6.45) is -0.589. The third kappa shape index (κ3) is 5.70. The molecule has 108 valence electrons. The number of aliphatic carboxylic acids is 1. The van der Waals surface area contributed by atoms with Crippen LogP contribution in [-0.2, 0) is 9.59 Å². The summed E-state index contributed by atoms with van der Waals surface area (Å²) in [5.74, 6) is -1.23. The molecule has 20 heavy (non-hydrogen) atoms. The van der Waals surface area contributed by atoms with Crippen LogP contribution in [0.3, 0.4) is 0 Å². The maximum atomic E-state index is 11.5. The van der Waals surface area contributed by atoms with E-state index in [-0.39, 0.29) is 12.8 Å². The van der Waals surface area contributed by atoms with Crippen molar-refractivity contribution in [3.8, 4) is 5.75 Å². The Bertz CT molecular complexity index is 533. The highest BCUT2D eigenvalue weighted by Gasteiger charge is 2.10. The van der Waals surface area contributed by atoms with E-state index in [1.165, 1.54) is 7.11 Å². The summed E-state index contributed by atoms with van der Waals surface area (Å²) in [7, 11) is 1.49. The van der Waals surface area contributed by atoms with E-state index in [0.29, 0.717) is 15.9 Å². The summed E-state index contributed by atoms with van der Waals surface area (Å²) in [6.45, 7) is 0. The number of carbonyl (C=O) groups excluding carboxylic acids is 2. The first kappa shape index (κ1) is 16.0. The molecule has 0 aliphatic heterocycles. The van der Waals surface area contributed by atoms with E-state index >= 15 is 0 Å². The van der Waals surface area contributed by atoms with Gasteiger partial charge < -0.3 is 15.2 Å². The SMILES string of the molecule is COc1cc(Br)cc(NC(=O)NC(=O)CCC(=O)O)c1. The zero-order chi connectivity index (χ0) is 15.1. The molecule has 3 amide bonds. The summed E-state index contributed by atoms with van der Waals surface area (Å²) in [6, 6.07) is 4.18. The summed E-state index contributed by atoms with van der Waals surface area (Å²) >= 11 is 3.25. The number of nitrogens with one attached hydrogen (secondary N) is 2. The lowest BCUT2D eigenvalue weighted by atomic mass is 10.3. The molecule has 1 aromatic rings. The van der Waals surface area contributed by atoms with Gasteiger partial charge in [-0.2, -0.15) is 0 Å². The lowest BCUT2D eigenvalue weighted by Crippen LogP contribution is -2.34. The molecule has 0 aliphatic carbocycles. The molecule has 0 heterocycles. The normalized spacial score (nSPS) is 9.70. The predicted molar refractivity (Wildman–Crippen MR) is 74.7 cm³/mol. The molecular formula is C12H13BrN2O5. The Balaban J connectivity index is 2.56. The quantitative estimate of drug-likeness (QED) is 0.757. The van der Waals surface area contributed by atoms with Crippen LogP contribution in [0.2, 0.25) is 0 Å². The number of anilines is 1. The zero-order valence-corrected chi connectivity index (χ0v) is 12.2. The Hall–Kier alpha value is -2.09. The Labute approximate surface area is 123 Å². The summed E-state index contributed by atoms with van der Waals surface area (Å²) in [4.78, 5) is 33.1. The Morgan fingerprint density at radius 3 is 2.55 bits per heavy atom. The van der Waals surface area contributed by atoms with Gasteiger partial charge in [0.2, 0.25) is 5.91 Å². The maximum Gasteiger partial charge on any atom is 0.325 e. The molecule has 1 aromatic carbocycles. The number of benzene rings is 1. The van der Waals surface area contributed by atoms with Gasteiger partial charge in [0.25, 0.3) is 0 Å². The molecule has 0 bridgehead atoms. The van der Waals surface area contributed by atoms with E-state index in [1.54, 1.807) is 18.2 Å². The van der Waals surface area contributed by atoms with Crippen molar-refractivity contribution >= 4 is 39.5 Å². The molecule has 1 rings (SSSR count). The fourth-order valence-corrected chi connectivity index (χ4v) is 1.80. The number of carboxylic acids is 1. The van der Waals surface area contributed by atoms with Crippen molar-refractivity contribution in [2.75, 3.05) is 12.4 Å². The number of halogens is 1. The average molecular weight is 345 g/mol. The van der Waals surface area contributed by atoms with Crippen LogP contribution in [-0.4, -0.2) is 30.1 Å². The number of urea groups is 1. The highest BCUT2D eigenvalue weighted by atomic mass is 79.9. The highest BCUT2D eigenvalue weighted by molar-refractivity contribution is 9.10. The summed E-state index contributed by atoms with van der Waals surface area (Å²) in [5.41, 5.74) is 0.430. The molecule has 0 aliphatic rings. The van der Waals surface area contributed by atoms with Gasteiger partial charge in [-0.05, 0) is 12.1 Å². The number of ether oxygens (including phenoxy) is 1. The van der Waals surface area contributed by atoms with Crippen LogP contribution in [0.4, 0.5) is 10.5 Å². The van der Waals surface area contributed by atoms with Crippen LogP contribution >= 0.6 is 15.9 Å². The second-order valence-electron chi connectivity index (χ2n) is 3.78. The number of rotatable bonds is 5. The first-order valence-corrected chi connectivity index (χ1v) is 6.37. The van der Waals surface area contributed by atoms with E-state index in [0.717, 1.165) is 0 Å². The first-order valence-electron chi connectivity index (χ1n) is 5.58. The Morgan fingerprint density at radius 2 is 1.95 bits per heavy atom. The van der Waals surface area contributed by atoms with Gasteiger partial charge in [-0.25, -0.2) is 4.79 Å². The molecule has 0 saturated heterocycles. The minimum atomic E-state index is -1.10. The van der Waals surface area contributed by atoms with Crippen molar-refractivity contribution < 1.29 is 24.2 Å². The minimum absolute atomic E-state index is 0.259. The van der Waals surface area contributed by atoms with Crippen LogP contribution in [0.25, 0.3) is 0 Å². The minimum Gasteiger partial charge on any atom is -0.497 e. The second-order valence-corrected chi connectivity index (χ2v) is 4.69. The van der Waals surface area contributed by atoms with E-state index in [1.807, 2.05) is 5.32 Å². The van der Waals surface area contributed by atoms with Gasteiger partial charge in [0.1, 0.15) is 5.75 Å². The van der Waals surface area contributed by atoms with Crippen molar-refractivity contribution in [2.24, 2.45) is 0 Å². The molecule has 0 aromatic heterocycles. The van der Waals surface area contributed by atoms with Crippen LogP contribution in [0.5, 0.6) is 5.75 Å². The number of hydrogen-bond acceptors (Lipinski definition) is 4. The molecule has 0 radical (unpaired) electrons. The van der Waals surface area contributed by atoms with Gasteiger partial charge in [0, 0.05) is 22.6 Å². The maximum absolute atomic E-state index is 11.5. The number of methoxy groups -OCH3 is 1. The van der Waals surface area contributed by atoms with Gasteiger partial charge in [-0.1, -0.05) is 15.9 Å². The van der Waals surface area contributed by atoms with Gasteiger partial charge in [-0.3, -0.25) is 14.9 Å². The number of carboxylic acid groups (broad SMARTS) is 1. The third-order valence-corrected chi connectivity index (χ3v) is 2.64. The highest BCUT2D eigenvalue weighted by Crippen LogP contribution is 2.24. The zero-order valence-electron chi connectivity index (χ0n) is 10.6. The van der Waals surface area contributed by atoms with E-state index in [4.69, 9.17) is 9.84 Å². The molecule has 0 fully saturated rings. The van der Waals surface area contributed by atoms with Crippen molar-refractivity contribution in [1.29, 1.82) is 0 Å². The number of hydrogen-bond donors (Lipinski definition) is 3. The smallest absolute Gasteiger partial charge is 0.325 e. The van der Waals surface area contributed by atoms with Crippen molar-refractivity contribution in [3.05, 3.63) is 22.7 Å². The summed E-state index contributed by atoms with van der Waals surface area (Å²) < 4.78 is 5.73. The molecule has 0 unspecified atom stereocenters. The van der Waals surface area contributed by atoms with Crippen LogP contribution in [0, 0.1) is 0 Å². The van der Waals surface area contributed by atoms with Crippen LogP contribution in [0.15, 0.2) is 22.7 Å². The van der Waals surface area contributed by atoms with E-state index in [2.05, 4.69) is 21.2 Å². The number of imide groups is 1.